The van der Waals surface area contributed by atoms with Crippen molar-refractivity contribution < 1.29 is 23.7 Å². The highest BCUT2D eigenvalue weighted by Gasteiger charge is 2.29. The van der Waals surface area contributed by atoms with Crippen LogP contribution in [0.15, 0.2) is 50.1 Å². The van der Waals surface area contributed by atoms with Gasteiger partial charge in [0, 0.05) is 6.07 Å². The summed E-state index contributed by atoms with van der Waals surface area (Å²) in [6, 6.07) is 9.71. The van der Waals surface area contributed by atoms with E-state index in [2.05, 4.69) is 15.9 Å². The fourth-order valence-electron chi connectivity index (χ4n) is 3.08. The Hall–Kier alpha value is -2.51. The third-order valence-electron chi connectivity index (χ3n) is 4.89. The van der Waals surface area contributed by atoms with Crippen LogP contribution in [-0.4, -0.2) is 13.1 Å². The molecule has 1 aliphatic rings. The lowest BCUT2D eigenvalue weighted by Crippen LogP contribution is -2.25. The summed E-state index contributed by atoms with van der Waals surface area (Å²) in [6.07, 6.45) is 2.60. The van der Waals surface area contributed by atoms with Gasteiger partial charge in [0.1, 0.15) is 5.76 Å². The van der Waals surface area contributed by atoms with Crippen LogP contribution in [0.5, 0.6) is 11.5 Å². The number of halogens is 2. The van der Waals surface area contributed by atoms with Crippen LogP contribution in [0, 0.1) is 5.92 Å². The summed E-state index contributed by atoms with van der Waals surface area (Å²) in [5.74, 6) is 0.105. The standard InChI is InChI=1S/C21H16BrClO6/c1-26-19-13(17-10-16(24)12-6-3-7-15(23)18(12)27-17)8-9-14(22)20(19)28-29-21(25)11-4-2-5-11/h3,6-11H,2,4-5H2,1H3. The van der Waals surface area contributed by atoms with E-state index in [1.165, 1.54) is 13.2 Å². The van der Waals surface area contributed by atoms with Gasteiger partial charge in [-0.3, -0.25) is 9.68 Å². The molecule has 4 rings (SSSR count). The molecule has 1 aromatic heterocycles. The first kappa shape index (κ1) is 19.8. The summed E-state index contributed by atoms with van der Waals surface area (Å²) in [5, 5.41) is 0.701. The molecule has 1 saturated carbocycles. The second kappa shape index (κ2) is 8.08. The fourth-order valence-corrected chi connectivity index (χ4v) is 3.67. The Bertz CT molecular complexity index is 1150. The summed E-state index contributed by atoms with van der Waals surface area (Å²) in [6.45, 7) is 0. The lowest BCUT2D eigenvalue weighted by Gasteiger charge is -2.22. The smallest absolute Gasteiger partial charge is 0.358 e. The molecule has 150 valence electrons. The Kier molecular flexibility index (Phi) is 5.52. The van der Waals surface area contributed by atoms with Gasteiger partial charge in [-0.1, -0.05) is 24.1 Å². The molecule has 0 amide bonds. The Morgan fingerprint density at radius 3 is 2.69 bits per heavy atom. The minimum absolute atomic E-state index is 0.136. The Balaban J connectivity index is 1.76. The average Bonchev–Trinajstić information content (AvgIpc) is 2.66. The van der Waals surface area contributed by atoms with Crippen molar-refractivity contribution in [3.05, 3.63) is 56.1 Å². The number of ether oxygens (including phenoxy) is 1. The Morgan fingerprint density at radius 1 is 1.21 bits per heavy atom. The number of carbonyl (C=O) groups excluding carboxylic acids is 1. The summed E-state index contributed by atoms with van der Waals surface area (Å²) >= 11 is 9.57. The van der Waals surface area contributed by atoms with E-state index in [4.69, 9.17) is 30.5 Å². The number of hydrogen-bond donors (Lipinski definition) is 0. The predicted molar refractivity (Wildman–Crippen MR) is 111 cm³/mol. The van der Waals surface area contributed by atoms with Crippen LogP contribution in [-0.2, 0) is 9.68 Å². The lowest BCUT2D eigenvalue weighted by molar-refractivity contribution is -0.222. The molecule has 3 aromatic rings. The van der Waals surface area contributed by atoms with Crippen LogP contribution in [0.25, 0.3) is 22.3 Å². The Labute approximate surface area is 179 Å². The maximum atomic E-state index is 12.5. The van der Waals surface area contributed by atoms with E-state index in [1.807, 2.05) is 0 Å². The molecule has 2 aromatic carbocycles. The summed E-state index contributed by atoms with van der Waals surface area (Å²) in [7, 11) is 1.44. The van der Waals surface area contributed by atoms with E-state index in [0.29, 0.717) is 20.4 Å². The molecular formula is C21H16BrClO6. The van der Waals surface area contributed by atoms with E-state index in [1.54, 1.807) is 30.3 Å². The topological polar surface area (TPSA) is 75.0 Å². The van der Waals surface area contributed by atoms with Crippen molar-refractivity contribution in [2.45, 2.75) is 19.3 Å². The molecule has 0 atom stereocenters. The van der Waals surface area contributed by atoms with Crippen molar-refractivity contribution in [3.8, 4) is 22.8 Å². The van der Waals surface area contributed by atoms with Gasteiger partial charge >= 0.3 is 5.97 Å². The van der Waals surface area contributed by atoms with Crippen molar-refractivity contribution in [1.29, 1.82) is 0 Å². The third kappa shape index (κ3) is 3.72. The molecule has 8 heteroatoms. The molecule has 0 radical (unpaired) electrons. The zero-order valence-corrected chi connectivity index (χ0v) is 17.7. The van der Waals surface area contributed by atoms with Crippen LogP contribution < -0.4 is 15.1 Å². The van der Waals surface area contributed by atoms with Gasteiger partial charge in [0.2, 0.25) is 5.75 Å². The average molecular weight is 480 g/mol. The lowest BCUT2D eigenvalue weighted by atomic mass is 9.86. The minimum Gasteiger partial charge on any atom is -0.492 e. The second-order valence-electron chi connectivity index (χ2n) is 6.66. The summed E-state index contributed by atoms with van der Waals surface area (Å²) in [4.78, 5) is 34.9. The second-order valence-corrected chi connectivity index (χ2v) is 7.92. The van der Waals surface area contributed by atoms with E-state index >= 15 is 0 Å². The van der Waals surface area contributed by atoms with Gasteiger partial charge in [0.15, 0.2) is 16.8 Å². The molecular weight excluding hydrogens is 464 g/mol. The molecule has 0 spiro atoms. The summed E-state index contributed by atoms with van der Waals surface area (Å²) in [5.41, 5.74) is 0.484. The van der Waals surface area contributed by atoms with Gasteiger partial charge in [-0.2, -0.15) is 0 Å². The molecule has 0 N–H and O–H groups in total. The SMILES string of the molecule is COc1c(-c2cc(=O)c3cccc(Cl)c3o2)ccc(Br)c1OOC(=O)C1CCC1. The van der Waals surface area contributed by atoms with Gasteiger partial charge in [-0.25, -0.2) is 9.68 Å². The van der Waals surface area contributed by atoms with Crippen molar-refractivity contribution in [1.82, 2.24) is 0 Å². The van der Waals surface area contributed by atoms with Crippen LogP contribution in [0.1, 0.15) is 19.3 Å². The number of rotatable bonds is 5. The number of benzene rings is 2. The largest absolute Gasteiger partial charge is 0.492 e. The minimum atomic E-state index is -0.417. The molecule has 1 aliphatic carbocycles. The Morgan fingerprint density at radius 2 is 2.00 bits per heavy atom. The van der Waals surface area contributed by atoms with Gasteiger partial charge in [-0.05, 0) is 53.0 Å². The maximum absolute atomic E-state index is 12.5. The van der Waals surface area contributed by atoms with E-state index in [9.17, 15) is 9.59 Å². The molecule has 0 saturated heterocycles. The predicted octanol–water partition coefficient (Wildman–Crippen LogP) is 5.52. The van der Waals surface area contributed by atoms with E-state index in [-0.39, 0.29) is 34.2 Å². The molecule has 29 heavy (non-hydrogen) atoms. The van der Waals surface area contributed by atoms with Crippen LogP contribution in [0.2, 0.25) is 5.02 Å². The van der Waals surface area contributed by atoms with Gasteiger partial charge in [0.25, 0.3) is 0 Å². The molecule has 0 unspecified atom stereocenters. The van der Waals surface area contributed by atoms with Crippen molar-refractivity contribution >= 4 is 44.5 Å². The monoisotopic (exact) mass is 478 g/mol. The summed E-state index contributed by atoms with van der Waals surface area (Å²) < 4.78 is 11.9. The molecule has 1 heterocycles. The molecule has 6 nitrogen and oxygen atoms in total. The zero-order chi connectivity index (χ0) is 20.5. The van der Waals surface area contributed by atoms with Crippen molar-refractivity contribution in [2.24, 2.45) is 5.92 Å². The van der Waals surface area contributed by atoms with Crippen LogP contribution in [0.4, 0.5) is 0 Å². The first-order chi connectivity index (χ1) is 14.0. The quantitative estimate of drug-likeness (QED) is 0.354. The highest BCUT2D eigenvalue weighted by atomic mass is 79.9. The molecule has 0 aliphatic heterocycles. The first-order valence-corrected chi connectivity index (χ1v) is 10.1. The van der Waals surface area contributed by atoms with Gasteiger partial charge < -0.3 is 9.15 Å². The van der Waals surface area contributed by atoms with Crippen molar-refractivity contribution in [2.75, 3.05) is 7.11 Å². The number of para-hydroxylation sites is 1. The number of fused-ring (bicyclic) bond motifs is 1. The number of hydrogen-bond acceptors (Lipinski definition) is 6. The number of carbonyl (C=O) groups is 1. The van der Waals surface area contributed by atoms with Gasteiger partial charge in [0.05, 0.1) is 33.5 Å². The van der Waals surface area contributed by atoms with Crippen molar-refractivity contribution in [3.63, 3.8) is 0 Å². The third-order valence-corrected chi connectivity index (χ3v) is 5.81. The van der Waals surface area contributed by atoms with Crippen LogP contribution in [0.3, 0.4) is 0 Å². The van der Waals surface area contributed by atoms with E-state index < -0.39 is 5.97 Å². The zero-order valence-electron chi connectivity index (χ0n) is 15.4. The maximum Gasteiger partial charge on any atom is 0.358 e. The fraction of sp³-hybridized carbons (Fsp3) is 0.238. The van der Waals surface area contributed by atoms with Gasteiger partial charge in [-0.15, -0.1) is 0 Å². The highest BCUT2D eigenvalue weighted by molar-refractivity contribution is 9.10. The van der Waals surface area contributed by atoms with Crippen LogP contribution >= 0.6 is 27.5 Å². The first-order valence-electron chi connectivity index (χ1n) is 8.97. The normalized spacial score (nSPS) is 13.8. The highest BCUT2D eigenvalue weighted by Crippen LogP contribution is 2.44. The molecule has 1 fully saturated rings. The van der Waals surface area contributed by atoms with E-state index in [0.717, 1.165) is 19.3 Å². The number of methoxy groups -OCH3 is 1. The molecule has 0 bridgehead atoms.